The van der Waals surface area contributed by atoms with Crippen LogP contribution in [0.4, 0.5) is 5.69 Å². The Morgan fingerprint density at radius 2 is 1.55 bits per heavy atom. The highest BCUT2D eigenvalue weighted by Crippen LogP contribution is 2.29. The molecule has 0 aliphatic heterocycles. The number of anilines is 1. The second-order valence-electron chi connectivity index (χ2n) is 5.23. The summed E-state index contributed by atoms with van der Waals surface area (Å²) in [6.45, 7) is 3.00. The summed E-state index contributed by atoms with van der Waals surface area (Å²) in [5.74, 6) is 1.49. The minimum atomic E-state index is 0.696. The van der Waals surface area contributed by atoms with Crippen LogP contribution in [0.15, 0.2) is 18.2 Å². The van der Waals surface area contributed by atoms with E-state index in [1.54, 1.807) is 13.2 Å². The van der Waals surface area contributed by atoms with Crippen molar-refractivity contribution in [3.8, 4) is 11.5 Å². The van der Waals surface area contributed by atoms with Gasteiger partial charge in [0.25, 0.3) is 0 Å². The van der Waals surface area contributed by atoms with Crippen molar-refractivity contribution in [3.63, 3.8) is 0 Å². The van der Waals surface area contributed by atoms with Crippen LogP contribution in [0.5, 0.6) is 11.5 Å². The summed E-state index contributed by atoms with van der Waals surface area (Å²) >= 11 is 0. The molecular formula is C17H29NO2. The van der Waals surface area contributed by atoms with Gasteiger partial charge in [0.2, 0.25) is 0 Å². The van der Waals surface area contributed by atoms with Gasteiger partial charge in [-0.1, -0.05) is 51.9 Å². The lowest BCUT2D eigenvalue weighted by Crippen LogP contribution is -2.00. The minimum Gasteiger partial charge on any atom is -0.493 e. The fourth-order valence-electron chi connectivity index (χ4n) is 2.22. The number of hydrogen-bond donors (Lipinski definition) is 1. The molecule has 3 nitrogen and oxygen atoms in total. The molecule has 0 aliphatic rings. The Hall–Kier alpha value is -1.38. The van der Waals surface area contributed by atoms with Gasteiger partial charge in [-0.05, 0) is 18.6 Å². The van der Waals surface area contributed by atoms with E-state index in [0.29, 0.717) is 11.4 Å². The number of nitrogens with two attached hydrogens (primary N) is 1. The quantitative estimate of drug-likeness (QED) is 0.467. The van der Waals surface area contributed by atoms with Crippen molar-refractivity contribution in [2.45, 2.75) is 58.3 Å². The summed E-state index contributed by atoms with van der Waals surface area (Å²) in [5, 5.41) is 0. The van der Waals surface area contributed by atoms with Crippen LogP contribution in [0.1, 0.15) is 58.3 Å². The molecule has 0 bridgehead atoms. The average molecular weight is 279 g/mol. The van der Waals surface area contributed by atoms with E-state index in [1.165, 1.54) is 44.9 Å². The standard InChI is InChI=1S/C17H29NO2/c1-3-4-5-6-7-8-9-10-13-20-16-12-11-15(18)14-17(16)19-2/h11-12,14H,3-10,13,18H2,1-2H3. The predicted octanol–water partition coefficient (Wildman–Crippen LogP) is 4.80. The van der Waals surface area contributed by atoms with E-state index >= 15 is 0 Å². The monoisotopic (exact) mass is 279 g/mol. The number of hydrogen-bond acceptors (Lipinski definition) is 3. The second kappa shape index (κ2) is 10.4. The third-order valence-corrected chi connectivity index (χ3v) is 3.44. The van der Waals surface area contributed by atoms with Gasteiger partial charge in [0.15, 0.2) is 11.5 Å². The number of methoxy groups -OCH3 is 1. The van der Waals surface area contributed by atoms with Crippen LogP contribution < -0.4 is 15.2 Å². The van der Waals surface area contributed by atoms with Crippen LogP contribution in [-0.4, -0.2) is 13.7 Å². The van der Waals surface area contributed by atoms with E-state index in [-0.39, 0.29) is 0 Å². The summed E-state index contributed by atoms with van der Waals surface area (Å²) in [7, 11) is 1.64. The van der Waals surface area contributed by atoms with Gasteiger partial charge in [-0.2, -0.15) is 0 Å². The van der Waals surface area contributed by atoms with Gasteiger partial charge in [0, 0.05) is 11.8 Å². The normalized spacial score (nSPS) is 10.5. The summed E-state index contributed by atoms with van der Waals surface area (Å²) < 4.78 is 11.0. The summed E-state index contributed by atoms with van der Waals surface area (Å²) in [6, 6.07) is 5.51. The largest absolute Gasteiger partial charge is 0.493 e. The number of nitrogen functional groups attached to an aromatic ring is 1. The van der Waals surface area contributed by atoms with Crippen LogP contribution in [0.3, 0.4) is 0 Å². The maximum absolute atomic E-state index is 5.75. The number of ether oxygens (including phenoxy) is 2. The molecule has 0 atom stereocenters. The number of benzene rings is 1. The SMILES string of the molecule is CCCCCCCCCCOc1ccc(N)cc1OC. The first kappa shape index (κ1) is 16.7. The van der Waals surface area contributed by atoms with Crippen molar-refractivity contribution >= 4 is 5.69 Å². The molecule has 0 aliphatic carbocycles. The van der Waals surface area contributed by atoms with Crippen molar-refractivity contribution in [3.05, 3.63) is 18.2 Å². The van der Waals surface area contributed by atoms with Gasteiger partial charge in [-0.3, -0.25) is 0 Å². The molecule has 114 valence electrons. The lowest BCUT2D eigenvalue weighted by atomic mass is 10.1. The molecule has 0 aromatic heterocycles. The molecule has 0 spiro atoms. The van der Waals surface area contributed by atoms with Gasteiger partial charge in [0.1, 0.15) is 0 Å². The molecule has 0 radical (unpaired) electrons. The zero-order valence-electron chi connectivity index (χ0n) is 13.0. The van der Waals surface area contributed by atoms with Gasteiger partial charge in [-0.15, -0.1) is 0 Å². The summed E-state index contributed by atoms with van der Waals surface area (Å²) in [6.07, 6.45) is 10.5. The smallest absolute Gasteiger partial charge is 0.162 e. The van der Waals surface area contributed by atoms with E-state index in [0.717, 1.165) is 18.8 Å². The first-order chi connectivity index (χ1) is 9.77. The molecule has 1 aromatic rings. The van der Waals surface area contributed by atoms with Gasteiger partial charge in [0.05, 0.1) is 13.7 Å². The Balaban J connectivity index is 2.09. The molecule has 1 rings (SSSR count). The Morgan fingerprint density at radius 3 is 2.20 bits per heavy atom. The highest BCUT2D eigenvalue weighted by atomic mass is 16.5. The maximum atomic E-state index is 5.75. The molecule has 3 heteroatoms. The van der Waals surface area contributed by atoms with Gasteiger partial charge >= 0.3 is 0 Å². The van der Waals surface area contributed by atoms with Crippen LogP contribution >= 0.6 is 0 Å². The molecule has 0 amide bonds. The second-order valence-corrected chi connectivity index (χ2v) is 5.23. The molecule has 20 heavy (non-hydrogen) atoms. The minimum absolute atomic E-state index is 0.696. The van der Waals surface area contributed by atoms with Crippen molar-refractivity contribution in [2.24, 2.45) is 0 Å². The molecule has 0 fully saturated rings. The Labute approximate surface area is 123 Å². The first-order valence-corrected chi connectivity index (χ1v) is 7.84. The first-order valence-electron chi connectivity index (χ1n) is 7.84. The zero-order valence-corrected chi connectivity index (χ0v) is 13.0. The summed E-state index contributed by atoms with van der Waals surface area (Å²) in [4.78, 5) is 0. The number of unbranched alkanes of at least 4 members (excludes halogenated alkanes) is 7. The van der Waals surface area contributed by atoms with E-state index in [4.69, 9.17) is 15.2 Å². The molecular weight excluding hydrogens is 250 g/mol. The van der Waals surface area contributed by atoms with Crippen molar-refractivity contribution in [1.29, 1.82) is 0 Å². The van der Waals surface area contributed by atoms with Crippen molar-refractivity contribution in [1.82, 2.24) is 0 Å². The highest BCUT2D eigenvalue weighted by Gasteiger charge is 2.04. The van der Waals surface area contributed by atoms with Crippen molar-refractivity contribution < 1.29 is 9.47 Å². The van der Waals surface area contributed by atoms with E-state index in [2.05, 4.69) is 6.92 Å². The molecule has 2 N–H and O–H groups in total. The topological polar surface area (TPSA) is 44.5 Å². The van der Waals surface area contributed by atoms with Crippen LogP contribution in [0.25, 0.3) is 0 Å². The Morgan fingerprint density at radius 1 is 0.900 bits per heavy atom. The zero-order chi connectivity index (χ0) is 14.6. The van der Waals surface area contributed by atoms with Gasteiger partial charge in [-0.25, -0.2) is 0 Å². The van der Waals surface area contributed by atoms with E-state index in [1.807, 2.05) is 12.1 Å². The Kier molecular flexibility index (Phi) is 8.68. The molecule has 1 aromatic carbocycles. The fraction of sp³-hybridized carbons (Fsp3) is 0.647. The fourth-order valence-corrected chi connectivity index (χ4v) is 2.22. The molecule has 0 saturated carbocycles. The summed E-state index contributed by atoms with van der Waals surface area (Å²) in [5.41, 5.74) is 6.41. The molecule has 0 heterocycles. The van der Waals surface area contributed by atoms with Crippen LogP contribution in [0.2, 0.25) is 0 Å². The average Bonchev–Trinajstić information content (AvgIpc) is 2.46. The lowest BCUT2D eigenvalue weighted by Gasteiger charge is -2.11. The van der Waals surface area contributed by atoms with Crippen LogP contribution in [-0.2, 0) is 0 Å². The lowest BCUT2D eigenvalue weighted by molar-refractivity contribution is 0.284. The van der Waals surface area contributed by atoms with Gasteiger partial charge < -0.3 is 15.2 Å². The predicted molar refractivity (Wildman–Crippen MR) is 85.5 cm³/mol. The third-order valence-electron chi connectivity index (χ3n) is 3.44. The van der Waals surface area contributed by atoms with Crippen LogP contribution in [0, 0.1) is 0 Å². The third kappa shape index (κ3) is 6.69. The van der Waals surface area contributed by atoms with E-state index < -0.39 is 0 Å². The van der Waals surface area contributed by atoms with Crippen molar-refractivity contribution in [2.75, 3.05) is 19.5 Å². The maximum Gasteiger partial charge on any atom is 0.162 e. The molecule has 0 unspecified atom stereocenters. The van der Waals surface area contributed by atoms with E-state index in [9.17, 15) is 0 Å². The molecule has 0 saturated heterocycles. The highest BCUT2D eigenvalue weighted by molar-refractivity contribution is 5.51. The Bertz CT molecular complexity index is 366. The number of rotatable bonds is 11.